The molecule has 1 fully saturated rings. The molecule has 1 saturated heterocycles. The summed E-state index contributed by atoms with van der Waals surface area (Å²) >= 11 is 0. The van der Waals surface area contributed by atoms with E-state index in [0.717, 1.165) is 38.1 Å². The average molecular weight is 276 g/mol. The third-order valence-electron chi connectivity index (χ3n) is 4.31. The summed E-state index contributed by atoms with van der Waals surface area (Å²) < 4.78 is 5.41. The SMILES string of the molecule is COc1ccccc1CC1CCN([C@H](C)C(N)=O)CC1. The first-order valence-corrected chi connectivity index (χ1v) is 7.27. The standard InChI is InChI=1S/C16H24N2O2/c1-12(16(17)19)18-9-7-13(8-10-18)11-14-5-3-4-6-15(14)20-2/h3-6,12-13H,7-11H2,1-2H3,(H2,17,19)/t12-/m1/s1. The fraction of sp³-hybridized carbons (Fsp3) is 0.562. The summed E-state index contributed by atoms with van der Waals surface area (Å²) in [5, 5.41) is 0. The number of methoxy groups -OCH3 is 1. The van der Waals surface area contributed by atoms with Crippen LogP contribution in [0.2, 0.25) is 0 Å². The van der Waals surface area contributed by atoms with Crippen LogP contribution >= 0.6 is 0 Å². The van der Waals surface area contributed by atoms with Crippen LogP contribution in [-0.4, -0.2) is 37.0 Å². The smallest absolute Gasteiger partial charge is 0.234 e. The minimum atomic E-state index is -0.229. The zero-order chi connectivity index (χ0) is 14.5. The van der Waals surface area contributed by atoms with Crippen LogP contribution in [0.15, 0.2) is 24.3 Å². The Morgan fingerprint density at radius 2 is 2.05 bits per heavy atom. The third kappa shape index (κ3) is 3.51. The van der Waals surface area contributed by atoms with E-state index < -0.39 is 0 Å². The highest BCUT2D eigenvalue weighted by molar-refractivity contribution is 5.79. The molecule has 1 aliphatic heterocycles. The lowest BCUT2D eigenvalue weighted by molar-refractivity contribution is -0.123. The Bertz CT molecular complexity index is 454. The molecule has 4 nitrogen and oxygen atoms in total. The molecule has 1 aliphatic rings. The van der Waals surface area contributed by atoms with Crippen LogP contribution in [0, 0.1) is 5.92 Å². The van der Waals surface area contributed by atoms with Gasteiger partial charge in [0.2, 0.25) is 5.91 Å². The minimum Gasteiger partial charge on any atom is -0.496 e. The first kappa shape index (κ1) is 14.9. The van der Waals surface area contributed by atoms with E-state index in [4.69, 9.17) is 10.5 Å². The van der Waals surface area contributed by atoms with Gasteiger partial charge in [0, 0.05) is 0 Å². The Labute approximate surface area is 120 Å². The summed E-state index contributed by atoms with van der Waals surface area (Å²) in [4.78, 5) is 13.4. The van der Waals surface area contributed by atoms with E-state index in [2.05, 4.69) is 17.0 Å². The lowest BCUT2D eigenvalue weighted by atomic mass is 9.89. The second kappa shape index (κ2) is 6.75. The predicted molar refractivity (Wildman–Crippen MR) is 79.7 cm³/mol. The molecule has 2 rings (SSSR count). The van der Waals surface area contributed by atoms with Gasteiger partial charge in [-0.15, -0.1) is 0 Å². The number of hydrogen-bond acceptors (Lipinski definition) is 3. The molecule has 0 unspecified atom stereocenters. The number of nitrogens with zero attached hydrogens (tertiary/aromatic N) is 1. The number of primary amides is 1. The molecule has 0 radical (unpaired) electrons. The lowest BCUT2D eigenvalue weighted by Crippen LogP contribution is -2.46. The minimum absolute atomic E-state index is 0.151. The summed E-state index contributed by atoms with van der Waals surface area (Å²) in [5.41, 5.74) is 6.64. The number of carbonyl (C=O) groups excluding carboxylic acids is 1. The predicted octanol–water partition coefficient (Wildman–Crippen LogP) is 1.82. The number of likely N-dealkylation sites (tertiary alicyclic amines) is 1. The topological polar surface area (TPSA) is 55.6 Å². The number of para-hydroxylation sites is 1. The quantitative estimate of drug-likeness (QED) is 0.892. The van der Waals surface area contributed by atoms with E-state index in [1.165, 1.54) is 5.56 Å². The molecule has 0 spiro atoms. The molecule has 4 heteroatoms. The van der Waals surface area contributed by atoms with E-state index >= 15 is 0 Å². The second-order valence-corrected chi connectivity index (χ2v) is 5.57. The molecule has 110 valence electrons. The first-order valence-electron chi connectivity index (χ1n) is 7.27. The van der Waals surface area contributed by atoms with Gasteiger partial charge in [0.1, 0.15) is 5.75 Å². The van der Waals surface area contributed by atoms with Crippen molar-refractivity contribution in [3.05, 3.63) is 29.8 Å². The maximum atomic E-state index is 11.2. The van der Waals surface area contributed by atoms with Crippen molar-refractivity contribution >= 4 is 5.91 Å². The van der Waals surface area contributed by atoms with Crippen LogP contribution in [0.25, 0.3) is 0 Å². The van der Waals surface area contributed by atoms with Crippen molar-refractivity contribution in [2.75, 3.05) is 20.2 Å². The van der Waals surface area contributed by atoms with Crippen molar-refractivity contribution in [1.29, 1.82) is 0 Å². The first-order chi connectivity index (χ1) is 9.61. The van der Waals surface area contributed by atoms with Gasteiger partial charge in [-0.3, -0.25) is 9.69 Å². The summed E-state index contributed by atoms with van der Waals surface area (Å²) in [7, 11) is 1.72. The number of amides is 1. The van der Waals surface area contributed by atoms with Crippen molar-refractivity contribution in [1.82, 2.24) is 4.90 Å². The maximum absolute atomic E-state index is 11.2. The van der Waals surface area contributed by atoms with Crippen LogP contribution in [0.3, 0.4) is 0 Å². The van der Waals surface area contributed by atoms with Crippen molar-refractivity contribution in [3.63, 3.8) is 0 Å². The summed E-state index contributed by atoms with van der Waals surface area (Å²) in [6, 6.07) is 8.06. The van der Waals surface area contributed by atoms with Gasteiger partial charge in [-0.2, -0.15) is 0 Å². The van der Waals surface area contributed by atoms with Gasteiger partial charge >= 0.3 is 0 Å². The number of rotatable bonds is 5. The fourth-order valence-electron chi connectivity index (χ4n) is 2.91. The van der Waals surface area contributed by atoms with Crippen LogP contribution in [0.1, 0.15) is 25.3 Å². The summed E-state index contributed by atoms with van der Waals surface area (Å²) in [5.74, 6) is 1.40. The number of nitrogens with two attached hydrogens (primary N) is 1. The zero-order valence-corrected chi connectivity index (χ0v) is 12.3. The molecule has 1 atom stereocenters. The van der Waals surface area contributed by atoms with Gasteiger partial charge in [0.05, 0.1) is 13.2 Å². The summed E-state index contributed by atoms with van der Waals surface area (Å²) in [6.07, 6.45) is 3.26. The molecule has 2 N–H and O–H groups in total. The average Bonchev–Trinajstić information content (AvgIpc) is 2.48. The largest absolute Gasteiger partial charge is 0.496 e. The maximum Gasteiger partial charge on any atom is 0.234 e. The Morgan fingerprint density at radius 3 is 2.65 bits per heavy atom. The molecule has 20 heavy (non-hydrogen) atoms. The van der Waals surface area contributed by atoms with Gasteiger partial charge in [-0.1, -0.05) is 18.2 Å². The van der Waals surface area contributed by atoms with Crippen molar-refractivity contribution in [2.45, 2.75) is 32.2 Å². The summed E-state index contributed by atoms with van der Waals surface area (Å²) in [6.45, 7) is 3.79. The molecule has 0 aromatic heterocycles. The number of benzene rings is 1. The highest BCUT2D eigenvalue weighted by Crippen LogP contribution is 2.27. The van der Waals surface area contributed by atoms with E-state index in [-0.39, 0.29) is 11.9 Å². The van der Waals surface area contributed by atoms with Crippen LogP contribution < -0.4 is 10.5 Å². The molecule has 1 heterocycles. The molecule has 1 aromatic carbocycles. The van der Waals surface area contributed by atoms with Crippen molar-refractivity contribution in [3.8, 4) is 5.75 Å². The van der Waals surface area contributed by atoms with Gasteiger partial charge in [-0.25, -0.2) is 0 Å². The zero-order valence-electron chi connectivity index (χ0n) is 12.3. The van der Waals surface area contributed by atoms with E-state index in [1.807, 2.05) is 19.1 Å². The highest BCUT2D eigenvalue weighted by atomic mass is 16.5. The normalized spacial score (nSPS) is 18.7. The van der Waals surface area contributed by atoms with Crippen molar-refractivity contribution in [2.24, 2.45) is 11.7 Å². The Balaban J connectivity index is 1.90. The van der Waals surface area contributed by atoms with Crippen molar-refractivity contribution < 1.29 is 9.53 Å². The van der Waals surface area contributed by atoms with E-state index in [0.29, 0.717) is 5.92 Å². The Kier molecular flexibility index (Phi) is 5.01. The Morgan fingerprint density at radius 1 is 1.40 bits per heavy atom. The fourth-order valence-corrected chi connectivity index (χ4v) is 2.91. The molecule has 1 amide bonds. The molecular formula is C16H24N2O2. The molecule has 1 aromatic rings. The van der Waals surface area contributed by atoms with E-state index in [1.54, 1.807) is 7.11 Å². The molecule has 0 saturated carbocycles. The third-order valence-corrected chi connectivity index (χ3v) is 4.31. The number of carbonyl (C=O) groups is 1. The second-order valence-electron chi connectivity index (χ2n) is 5.57. The van der Waals surface area contributed by atoms with Crippen LogP contribution in [-0.2, 0) is 11.2 Å². The van der Waals surface area contributed by atoms with Crippen LogP contribution in [0.5, 0.6) is 5.75 Å². The lowest BCUT2D eigenvalue weighted by Gasteiger charge is -2.34. The number of ether oxygens (including phenoxy) is 1. The van der Waals surface area contributed by atoms with Gasteiger partial charge in [0.25, 0.3) is 0 Å². The van der Waals surface area contributed by atoms with Gasteiger partial charge < -0.3 is 10.5 Å². The highest BCUT2D eigenvalue weighted by Gasteiger charge is 2.25. The van der Waals surface area contributed by atoms with Gasteiger partial charge in [0.15, 0.2) is 0 Å². The van der Waals surface area contributed by atoms with E-state index in [9.17, 15) is 4.79 Å². The van der Waals surface area contributed by atoms with Gasteiger partial charge in [-0.05, 0) is 56.8 Å². The monoisotopic (exact) mass is 276 g/mol. The molecular weight excluding hydrogens is 252 g/mol. The molecule has 0 aliphatic carbocycles. The number of piperidine rings is 1. The van der Waals surface area contributed by atoms with Crippen LogP contribution in [0.4, 0.5) is 0 Å². The number of hydrogen-bond donors (Lipinski definition) is 1. The molecule has 0 bridgehead atoms. The Hall–Kier alpha value is -1.55.